The van der Waals surface area contributed by atoms with Crippen LogP contribution in [0, 0.1) is 5.82 Å². The first-order valence-corrected chi connectivity index (χ1v) is 7.53. The zero-order chi connectivity index (χ0) is 16.1. The molecule has 0 spiro atoms. The number of aromatic amines is 1. The van der Waals surface area contributed by atoms with E-state index in [2.05, 4.69) is 5.10 Å². The van der Waals surface area contributed by atoms with Crippen molar-refractivity contribution in [3.05, 3.63) is 69.2 Å². The Morgan fingerprint density at radius 3 is 2.65 bits per heavy atom. The Bertz CT molecular complexity index is 959. The van der Waals surface area contributed by atoms with Crippen molar-refractivity contribution in [3.8, 4) is 16.9 Å². The van der Waals surface area contributed by atoms with Crippen molar-refractivity contribution in [2.24, 2.45) is 0 Å². The van der Waals surface area contributed by atoms with Gasteiger partial charge in [0.25, 0.3) is 5.56 Å². The maximum Gasteiger partial charge on any atom is 0.295 e. The van der Waals surface area contributed by atoms with Gasteiger partial charge >= 0.3 is 0 Å². The van der Waals surface area contributed by atoms with E-state index in [0.717, 1.165) is 11.1 Å². The summed E-state index contributed by atoms with van der Waals surface area (Å²) in [5.74, 6) is -0.278. The summed E-state index contributed by atoms with van der Waals surface area (Å²) in [6.45, 7) is 0.494. The van der Waals surface area contributed by atoms with Gasteiger partial charge in [0.15, 0.2) is 0 Å². The predicted molar refractivity (Wildman–Crippen MR) is 88.9 cm³/mol. The number of nitrogens with one attached hydrogen (secondary N) is 1. The van der Waals surface area contributed by atoms with Crippen molar-refractivity contribution in [3.63, 3.8) is 0 Å². The molecule has 0 saturated carbocycles. The van der Waals surface area contributed by atoms with Crippen molar-refractivity contribution in [1.82, 2.24) is 9.78 Å². The number of hydrogen-bond donors (Lipinski definition) is 1. The van der Waals surface area contributed by atoms with Crippen molar-refractivity contribution >= 4 is 17.3 Å². The molecule has 0 unspecified atom stereocenters. The number of nitrogens with zero attached hydrogens (tertiary/aromatic N) is 2. The number of fused-ring (bicyclic) bond motifs is 3. The van der Waals surface area contributed by atoms with Crippen LogP contribution in [0.4, 0.5) is 10.1 Å². The summed E-state index contributed by atoms with van der Waals surface area (Å²) in [5.41, 5.74) is 3.55. The highest BCUT2D eigenvalue weighted by atomic mass is 35.5. The Kier molecular flexibility index (Phi) is 3.06. The third-order valence-electron chi connectivity index (χ3n) is 4.08. The van der Waals surface area contributed by atoms with E-state index >= 15 is 0 Å². The minimum atomic E-state index is -0.278. The number of rotatable bonds is 1. The Labute approximate surface area is 136 Å². The van der Waals surface area contributed by atoms with E-state index in [1.54, 1.807) is 30.3 Å². The fourth-order valence-electron chi connectivity index (χ4n) is 3.01. The Balaban J connectivity index is 1.95. The molecule has 2 heterocycles. The number of H-pyrrole nitrogens is 1. The fraction of sp³-hybridized carbons (Fsp3) is 0.118. The molecule has 0 aliphatic carbocycles. The molecule has 1 N–H and O–H groups in total. The molecule has 0 amide bonds. The van der Waals surface area contributed by atoms with Crippen LogP contribution < -0.4 is 10.5 Å². The third kappa shape index (κ3) is 2.16. The summed E-state index contributed by atoms with van der Waals surface area (Å²) in [7, 11) is 1.83. The quantitative estimate of drug-likeness (QED) is 0.741. The van der Waals surface area contributed by atoms with Gasteiger partial charge in [-0.3, -0.25) is 9.89 Å². The first kappa shape index (κ1) is 14.1. The monoisotopic (exact) mass is 329 g/mol. The van der Waals surface area contributed by atoms with E-state index in [0.29, 0.717) is 28.6 Å². The van der Waals surface area contributed by atoms with Crippen molar-refractivity contribution in [2.75, 3.05) is 11.9 Å². The second kappa shape index (κ2) is 4.99. The molecule has 4 rings (SSSR count). The second-order valence-electron chi connectivity index (χ2n) is 5.61. The first-order valence-electron chi connectivity index (χ1n) is 7.15. The van der Waals surface area contributed by atoms with Crippen LogP contribution in [-0.2, 0) is 6.54 Å². The van der Waals surface area contributed by atoms with Crippen molar-refractivity contribution in [2.45, 2.75) is 6.54 Å². The van der Waals surface area contributed by atoms with E-state index in [-0.39, 0.29) is 11.4 Å². The molecule has 3 aromatic rings. The lowest BCUT2D eigenvalue weighted by molar-refractivity contribution is 0.625. The molecule has 6 heteroatoms. The predicted octanol–water partition coefficient (Wildman–Crippen LogP) is 3.57. The van der Waals surface area contributed by atoms with Gasteiger partial charge in [-0.1, -0.05) is 11.6 Å². The topological polar surface area (TPSA) is 41.0 Å². The number of hydrogen-bond acceptors (Lipinski definition) is 2. The highest BCUT2D eigenvalue weighted by molar-refractivity contribution is 6.30. The molecule has 2 aromatic carbocycles. The van der Waals surface area contributed by atoms with Crippen LogP contribution in [0.15, 0.2) is 47.3 Å². The smallest absolute Gasteiger partial charge is 0.295 e. The molecule has 0 fully saturated rings. The molecular weight excluding hydrogens is 317 g/mol. The summed E-state index contributed by atoms with van der Waals surface area (Å²) < 4.78 is 15.0. The van der Waals surface area contributed by atoms with Crippen molar-refractivity contribution < 1.29 is 4.39 Å². The van der Waals surface area contributed by atoms with Gasteiger partial charge in [-0.15, -0.1) is 0 Å². The zero-order valence-corrected chi connectivity index (χ0v) is 13.1. The van der Waals surface area contributed by atoms with Crippen LogP contribution in [0.25, 0.3) is 16.9 Å². The average molecular weight is 330 g/mol. The Morgan fingerprint density at radius 1 is 1.17 bits per heavy atom. The van der Waals surface area contributed by atoms with E-state index in [4.69, 9.17) is 11.6 Å². The largest absolute Gasteiger partial charge is 0.364 e. The van der Waals surface area contributed by atoms with Crippen molar-refractivity contribution in [1.29, 1.82) is 0 Å². The van der Waals surface area contributed by atoms with Gasteiger partial charge in [0, 0.05) is 24.2 Å². The molecule has 0 atom stereocenters. The van der Waals surface area contributed by atoms with Gasteiger partial charge in [-0.2, -0.15) is 0 Å². The lowest BCUT2D eigenvalue weighted by Gasteiger charge is -2.25. The molecule has 4 nitrogen and oxygen atoms in total. The minimum absolute atomic E-state index is 0.139. The zero-order valence-electron chi connectivity index (χ0n) is 12.3. The SMILES string of the molecule is CN1Cc2cc(F)ccc2-c2[nH]n(-c3ccc(Cl)cc3)c(=O)c21. The summed E-state index contributed by atoms with van der Waals surface area (Å²) >= 11 is 5.90. The maximum absolute atomic E-state index is 13.5. The van der Waals surface area contributed by atoms with Gasteiger partial charge in [0.2, 0.25) is 0 Å². The minimum Gasteiger partial charge on any atom is -0.364 e. The molecular formula is C17H13ClFN3O. The molecule has 116 valence electrons. The highest BCUT2D eigenvalue weighted by Gasteiger charge is 2.26. The van der Waals surface area contributed by atoms with Gasteiger partial charge in [0.1, 0.15) is 11.5 Å². The van der Waals surface area contributed by atoms with Gasteiger partial charge < -0.3 is 4.90 Å². The van der Waals surface area contributed by atoms with Crippen LogP contribution >= 0.6 is 11.6 Å². The Morgan fingerprint density at radius 2 is 1.91 bits per heavy atom. The van der Waals surface area contributed by atoms with E-state index in [9.17, 15) is 9.18 Å². The summed E-state index contributed by atoms with van der Waals surface area (Å²) in [6, 6.07) is 11.6. The molecule has 0 saturated heterocycles. The highest BCUT2D eigenvalue weighted by Crippen LogP contribution is 2.35. The summed E-state index contributed by atoms with van der Waals surface area (Å²) in [5, 5.41) is 3.75. The van der Waals surface area contributed by atoms with Crippen LogP contribution in [0.3, 0.4) is 0 Å². The molecule has 0 radical (unpaired) electrons. The van der Waals surface area contributed by atoms with E-state index in [1.807, 2.05) is 11.9 Å². The molecule has 1 aliphatic heterocycles. The van der Waals surface area contributed by atoms with E-state index in [1.165, 1.54) is 16.8 Å². The standard InChI is InChI=1S/C17H13ClFN3O/c1-21-9-10-8-12(19)4-7-14(10)15-16(21)17(23)22(20-15)13-5-2-11(18)3-6-13/h2-8,20H,9H2,1H3. The molecule has 1 aromatic heterocycles. The van der Waals surface area contributed by atoms with E-state index < -0.39 is 0 Å². The number of benzene rings is 2. The molecule has 0 bridgehead atoms. The molecule has 1 aliphatic rings. The van der Waals surface area contributed by atoms with Crippen LogP contribution in [0.2, 0.25) is 5.02 Å². The number of anilines is 1. The summed E-state index contributed by atoms with van der Waals surface area (Å²) in [4.78, 5) is 14.6. The normalized spacial score (nSPS) is 12.9. The van der Waals surface area contributed by atoms with Gasteiger partial charge in [-0.05, 0) is 48.0 Å². The fourth-order valence-corrected chi connectivity index (χ4v) is 3.14. The van der Waals surface area contributed by atoms with Gasteiger partial charge in [-0.25, -0.2) is 9.07 Å². The second-order valence-corrected chi connectivity index (χ2v) is 6.05. The maximum atomic E-state index is 13.5. The first-order chi connectivity index (χ1) is 11.0. The number of aromatic nitrogens is 2. The number of halogens is 2. The third-order valence-corrected chi connectivity index (χ3v) is 4.33. The van der Waals surface area contributed by atoms with Crippen LogP contribution in [-0.4, -0.2) is 16.8 Å². The molecule has 23 heavy (non-hydrogen) atoms. The van der Waals surface area contributed by atoms with Crippen LogP contribution in [0.1, 0.15) is 5.56 Å². The Hall–Kier alpha value is -2.53. The van der Waals surface area contributed by atoms with Crippen LogP contribution in [0.5, 0.6) is 0 Å². The average Bonchev–Trinajstić information content (AvgIpc) is 2.86. The lowest BCUT2D eigenvalue weighted by atomic mass is 9.99. The lowest BCUT2D eigenvalue weighted by Crippen LogP contribution is -2.27. The summed E-state index contributed by atoms with van der Waals surface area (Å²) in [6.07, 6.45) is 0. The van der Waals surface area contributed by atoms with Gasteiger partial charge in [0.05, 0.1) is 11.4 Å².